The van der Waals surface area contributed by atoms with Crippen LogP contribution in [-0.4, -0.2) is 258 Å². The van der Waals surface area contributed by atoms with E-state index in [0.717, 1.165) is 0 Å². The number of unbranched alkanes of at least 4 members (excludes halogenated alkanes) is 2. The molecule has 0 saturated carbocycles. The van der Waals surface area contributed by atoms with Crippen molar-refractivity contribution in [3.63, 3.8) is 0 Å². The molecule has 0 aliphatic carbocycles. The second-order valence-corrected chi connectivity index (χ2v) is 16.7. The van der Waals surface area contributed by atoms with Gasteiger partial charge in [0.2, 0.25) is 5.91 Å². The van der Waals surface area contributed by atoms with Gasteiger partial charge in [-0.05, 0) is 45.7 Å². The van der Waals surface area contributed by atoms with Crippen LogP contribution in [0.25, 0.3) is 0 Å². The number of Topliss-reactive ketones (excluding diaryl/α,β-unsaturated/α-hetero) is 1. The first-order chi connectivity index (χ1) is 30.4. The summed E-state index contributed by atoms with van der Waals surface area (Å²) in [6.45, 7) is 2.14. The average molecular weight is 934 g/mol. The van der Waals surface area contributed by atoms with Gasteiger partial charge >= 0.3 is 0 Å². The van der Waals surface area contributed by atoms with Crippen LogP contribution < -0.4 is 10.9 Å². The number of rotatable bonds is 25. The topological polar surface area (TPSA) is 389 Å². The zero-order chi connectivity index (χ0) is 47.2. The summed E-state index contributed by atoms with van der Waals surface area (Å²) in [6, 6.07) is 0. The summed E-state index contributed by atoms with van der Waals surface area (Å²) in [5, 5.41) is 135. The van der Waals surface area contributed by atoms with Gasteiger partial charge in [0, 0.05) is 19.4 Å². The number of aliphatic hydroxyl groups excluding tert-OH is 13. The molecule has 0 unspecified atom stereocenters. The van der Waals surface area contributed by atoms with Gasteiger partial charge in [0.05, 0.1) is 45.2 Å². The third kappa shape index (κ3) is 14.9. The summed E-state index contributed by atoms with van der Waals surface area (Å²) in [6.07, 6.45) is -27.7. The van der Waals surface area contributed by atoms with Crippen molar-refractivity contribution in [3.8, 4) is 0 Å². The number of ether oxygens (including phenoxy) is 7. The Balaban J connectivity index is 1.42. The Morgan fingerprint density at radius 1 is 0.578 bits per heavy atom. The van der Waals surface area contributed by atoms with Crippen molar-refractivity contribution in [1.82, 2.24) is 15.8 Å². The number of carbonyl (C=O) groups excluding carboxylic acids is 2. The lowest BCUT2D eigenvalue weighted by Gasteiger charge is -2.46. The number of nitrogens with one attached hydrogen (secondary N) is 2. The van der Waals surface area contributed by atoms with E-state index >= 15 is 0 Å². The minimum atomic E-state index is -1.92. The van der Waals surface area contributed by atoms with Crippen molar-refractivity contribution in [2.24, 2.45) is 0 Å². The normalized spacial score (nSPS) is 40.7. The molecule has 15 N–H and O–H groups in total. The molecule has 4 fully saturated rings. The molecule has 4 rings (SSSR count). The number of hydrogen-bond acceptors (Lipinski definition) is 24. The van der Waals surface area contributed by atoms with Crippen LogP contribution in [0.1, 0.15) is 58.8 Å². The largest absolute Gasteiger partial charge is 0.394 e. The smallest absolute Gasteiger partial charge is 0.234 e. The van der Waals surface area contributed by atoms with E-state index < -0.39 is 142 Å². The lowest BCUT2D eigenvalue weighted by atomic mass is 9.93. The summed E-state index contributed by atoms with van der Waals surface area (Å²) in [5.41, 5.74) is 5.10. The van der Waals surface area contributed by atoms with E-state index in [2.05, 4.69) is 10.9 Å². The Labute approximate surface area is 370 Å². The highest BCUT2D eigenvalue weighted by Crippen LogP contribution is 2.31. The Morgan fingerprint density at radius 2 is 1.14 bits per heavy atom. The SMILES string of the molecule is CCC(=O)CNNC(=O)CCCCCN(CCC[C@@H]1O[C@@H](C)[C@@H](O)[C@@H](O)[C@@H]1O)CCO[C@H]1O[C@H](CO[C@H]2O[C@H](CO)[C@@H](O)[C@H](O)[C@@H]2O)[C@@H](O)[C@H](O[C@H]2O[C@H](CO)[C@@H](O)[C@H](O)[C@@H]2O)[C@@H]1O. The Kier molecular flexibility index (Phi) is 22.9. The summed E-state index contributed by atoms with van der Waals surface area (Å²) < 4.78 is 39.9. The van der Waals surface area contributed by atoms with E-state index in [0.29, 0.717) is 51.6 Å². The minimum Gasteiger partial charge on any atom is -0.394 e. The lowest BCUT2D eigenvalue weighted by Crippen LogP contribution is -2.65. The van der Waals surface area contributed by atoms with E-state index in [1.165, 1.54) is 0 Å². The Hall–Kier alpha value is -1.74. The van der Waals surface area contributed by atoms with Gasteiger partial charge in [-0.2, -0.15) is 0 Å². The van der Waals surface area contributed by atoms with Crippen molar-refractivity contribution in [3.05, 3.63) is 0 Å². The predicted octanol–water partition coefficient (Wildman–Crippen LogP) is -7.44. The molecule has 0 bridgehead atoms. The van der Waals surface area contributed by atoms with E-state index in [9.17, 15) is 76.0 Å². The fraction of sp³-hybridized carbons (Fsp3) is 0.949. The molecular weight excluding hydrogens is 862 g/mol. The number of nitrogens with zero attached hydrogens (tertiary/aromatic N) is 1. The van der Waals surface area contributed by atoms with Gasteiger partial charge in [-0.3, -0.25) is 15.0 Å². The zero-order valence-electron chi connectivity index (χ0n) is 36.1. The number of hydrazine groups is 1. The molecule has 25 heteroatoms. The van der Waals surface area contributed by atoms with Gasteiger partial charge in [-0.25, -0.2) is 5.43 Å². The van der Waals surface area contributed by atoms with Gasteiger partial charge in [0.15, 0.2) is 18.9 Å². The van der Waals surface area contributed by atoms with E-state index in [-0.39, 0.29) is 37.8 Å². The van der Waals surface area contributed by atoms with Crippen molar-refractivity contribution in [2.75, 3.05) is 52.6 Å². The first kappa shape index (κ1) is 54.9. The molecule has 0 aromatic heterocycles. The molecule has 4 aliphatic heterocycles. The quantitative estimate of drug-likeness (QED) is 0.0299. The molecular formula is C39H71N3O22. The third-order valence-corrected chi connectivity index (χ3v) is 11.9. The molecule has 20 atom stereocenters. The van der Waals surface area contributed by atoms with Gasteiger partial charge < -0.3 is 104 Å². The summed E-state index contributed by atoms with van der Waals surface area (Å²) in [5.74, 6) is -0.329. The van der Waals surface area contributed by atoms with Gasteiger partial charge in [0.25, 0.3) is 0 Å². The van der Waals surface area contributed by atoms with Crippen LogP contribution in [0.3, 0.4) is 0 Å². The average Bonchev–Trinajstić information content (AvgIpc) is 3.28. The van der Waals surface area contributed by atoms with Gasteiger partial charge in [-0.15, -0.1) is 0 Å². The van der Waals surface area contributed by atoms with Crippen LogP contribution in [0.15, 0.2) is 0 Å². The van der Waals surface area contributed by atoms with Crippen LogP contribution in [0.5, 0.6) is 0 Å². The summed E-state index contributed by atoms with van der Waals surface area (Å²) >= 11 is 0. The molecule has 25 nitrogen and oxygen atoms in total. The first-order valence-corrected chi connectivity index (χ1v) is 21.9. The highest BCUT2D eigenvalue weighted by molar-refractivity contribution is 5.81. The molecule has 64 heavy (non-hydrogen) atoms. The highest BCUT2D eigenvalue weighted by Gasteiger charge is 2.52. The molecule has 4 saturated heterocycles. The molecule has 4 aliphatic rings. The van der Waals surface area contributed by atoms with Crippen molar-refractivity contribution in [1.29, 1.82) is 0 Å². The number of ketones is 1. The van der Waals surface area contributed by atoms with Crippen LogP contribution in [-0.2, 0) is 42.7 Å². The fourth-order valence-corrected chi connectivity index (χ4v) is 7.82. The van der Waals surface area contributed by atoms with E-state index in [4.69, 9.17) is 33.2 Å². The fourth-order valence-electron chi connectivity index (χ4n) is 7.82. The van der Waals surface area contributed by atoms with Crippen LogP contribution >= 0.6 is 0 Å². The first-order valence-electron chi connectivity index (χ1n) is 21.9. The maximum atomic E-state index is 12.2. The molecule has 0 radical (unpaired) electrons. The molecule has 0 aromatic rings. The zero-order valence-corrected chi connectivity index (χ0v) is 36.1. The number of amides is 1. The second kappa shape index (κ2) is 26.7. The monoisotopic (exact) mass is 933 g/mol. The van der Waals surface area contributed by atoms with Crippen LogP contribution in [0, 0.1) is 0 Å². The third-order valence-electron chi connectivity index (χ3n) is 11.9. The van der Waals surface area contributed by atoms with Crippen molar-refractivity contribution in [2.45, 2.75) is 181 Å². The lowest BCUT2D eigenvalue weighted by molar-refractivity contribution is -0.366. The Morgan fingerprint density at radius 3 is 1.78 bits per heavy atom. The Bertz CT molecular complexity index is 1380. The summed E-state index contributed by atoms with van der Waals surface area (Å²) in [4.78, 5) is 25.7. The maximum Gasteiger partial charge on any atom is 0.234 e. The molecule has 374 valence electrons. The molecule has 0 aromatic carbocycles. The van der Waals surface area contributed by atoms with Gasteiger partial charge in [-0.1, -0.05) is 13.3 Å². The summed E-state index contributed by atoms with van der Waals surface area (Å²) in [7, 11) is 0. The highest BCUT2D eigenvalue weighted by atomic mass is 16.7. The number of aliphatic hydroxyl groups is 13. The van der Waals surface area contributed by atoms with E-state index in [1.807, 2.05) is 4.90 Å². The molecule has 4 heterocycles. The molecule has 1 amide bonds. The second-order valence-electron chi connectivity index (χ2n) is 16.7. The number of hydrogen-bond donors (Lipinski definition) is 15. The van der Waals surface area contributed by atoms with Gasteiger partial charge in [0.1, 0.15) is 97.3 Å². The maximum absolute atomic E-state index is 12.2. The van der Waals surface area contributed by atoms with Crippen molar-refractivity contribution < 1.29 is 109 Å². The van der Waals surface area contributed by atoms with E-state index in [1.54, 1.807) is 13.8 Å². The number of carbonyl (C=O) groups is 2. The van der Waals surface area contributed by atoms with Crippen LogP contribution in [0.2, 0.25) is 0 Å². The standard InChI is InChI=1S/C39H71N3O22/c1-3-19(45)14-40-41-24(46)9-5-4-6-10-42(11-7-8-20-26(48)30(52)25(47)18(2)60-20)12-13-58-38-35(57)36(64-39-34(56)32(54)28(50)22(16-44)62-39)29(51)23(63-38)17-59-37-33(55)31(53)27(49)21(15-43)61-37/h18,20-23,25-40,43-44,47-57H,3-17H2,1-2H3,(H,41,46)/t18-,20-,21+,22+,23+,25+,26+,27+,28+,29+,30+,31-,32-,33-,34-,35-,36-,37-,38-,39+/m0/s1. The predicted molar refractivity (Wildman–Crippen MR) is 213 cm³/mol. The van der Waals surface area contributed by atoms with Crippen LogP contribution in [0.4, 0.5) is 0 Å². The van der Waals surface area contributed by atoms with Crippen molar-refractivity contribution >= 4 is 11.7 Å². The molecule has 0 spiro atoms. The minimum absolute atomic E-state index is 0.0205.